The minimum Gasteiger partial charge on any atom is -0.481 e. The Morgan fingerprint density at radius 1 is 0.370 bits per heavy atom. The monoisotopic (exact) mass is 672 g/mol. The van der Waals surface area contributed by atoms with E-state index in [-0.39, 0.29) is 44.6 Å². The van der Waals surface area contributed by atoms with Crippen molar-refractivity contribution >= 4 is 17.9 Å². The predicted molar refractivity (Wildman–Crippen MR) is 162 cm³/mol. The number of carboxylic acid groups (broad SMARTS) is 1. The molecule has 272 valence electrons. The number of carbonyl (C=O) groups is 3. The number of unbranched alkanes of at least 4 members (excludes halogenated alkanes) is 1. The van der Waals surface area contributed by atoms with Crippen molar-refractivity contribution in [2.45, 2.75) is 32.6 Å². The van der Waals surface area contributed by atoms with Gasteiger partial charge in [-0.15, -0.1) is 0 Å². The number of carboxylic acids is 1. The summed E-state index contributed by atoms with van der Waals surface area (Å²) in [4.78, 5) is 32.5. The molecule has 0 amide bonds. The largest absolute Gasteiger partial charge is 0.481 e. The summed E-state index contributed by atoms with van der Waals surface area (Å²) >= 11 is 0. The van der Waals surface area contributed by atoms with Crippen LogP contribution in [-0.4, -0.2) is 168 Å². The van der Waals surface area contributed by atoms with Crippen LogP contribution >= 0.6 is 0 Å². The summed E-state index contributed by atoms with van der Waals surface area (Å²) in [5.74, 6) is -1.54. The average molecular weight is 673 g/mol. The van der Waals surface area contributed by atoms with Crippen LogP contribution in [0, 0.1) is 0 Å². The third-order valence-electron chi connectivity index (χ3n) is 5.39. The number of rotatable bonds is 38. The van der Waals surface area contributed by atoms with Gasteiger partial charge in [0.1, 0.15) is 13.2 Å². The molecule has 0 aromatic rings. The van der Waals surface area contributed by atoms with Gasteiger partial charge >= 0.3 is 17.9 Å². The summed E-state index contributed by atoms with van der Waals surface area (Å²) in [5, 5.41) is 8.54. The van der Waals surface area contributed by atoms with Gasteiger partial charge in [-0.3, -0.25) is 14.4 Å². The van der Waals surface area contributed by atoms with E-state index < -0.39 is 5.97 Å². The molecule has 1 N–H and O–H groups in total. The molecule has 0 bridgehead atoms. The second kappa shape index (κ2) is 37.5. The molecule has 0 aromatic heterocycles. The number of hydrogen-bond donors (Lipinski definition) is 1. The Balaban J connectivity index is 3.10. The molecule has 16 heteroatoms. The summed E-state index contributed by atoms with van der Waals surface area (Å²) in [6, 6.07) is 0. The molecule has 0 heterocycles. The smallest absolute Gasteiger partial charge is 0.305 e. The second-order valence-electron chi connectivity index (χ2n) is 9.29. The predicted octanol–water partition coefficient (Wildman–Crippen LogP) is 0.904. The van der Waals surface area contributed by atoms with Crippen molar-refractivity contribution in [2.24, 2.45) is 0 Å². The van der Waals surface area contributed by atoms with Crippen LogP contribution in [-0.2, 0) is 71.2 Å². The van der Waals surface area contributed by atoms with E-state index in [1.54, 1.807) is 0 Å². The number of esters is 2. The van der Waals surface area contributed by atoms with E-state index in [4.69, 9.17) is 61.9 Å². The molecule has 0 radical (unpaired) electrons. The molecule has 0 saturated heterocycles. The SMILES string of the molecule is CC(=O)OCCOCCOCCOCCOCCOCCOCCOCCOCCOCCOCCOC(=O)CCCCC(=O)O. The molecule has 0 aliphatic rings. The molecule has 0 saturated carbocycles. The molecule has 16 nitrogen and oxygen atoms in total. The van der Waals surface area contributed by atoms with Crippen molar-refractivity contribution in [3.63, 3.8) is 0 Å². The molecular formula is C30H56O16. The Hall–Kier alpha value is -1.99. The fourth-order valence-corrected chi connectivity index (χ4v) is 3.16. The van der Waals surface area contributed by atoms with Crippen LogP contribution in [0.5, 0.6) is 0 Å². The molecular weight excluding hydrogens is 616 g/mol. The van der Waals surface area contributed by atoms with Crippen LogP contribution in [0.25, 0.3) is 0 Å². The average Bonchev–Trinajstić information content (AvgIpc) is 3.03. The number of ether oxygens (including phenoxy) is 12. The van der Waals surface area contributed by atoms with E-state index in [1.807, 2.05) is 0 Å². The summed E-state index contributed by atoms with van der Waals surface area (Å²) in [6.45, 7) is 10.6. The Labute approximate surface area is 272 Å². The maximum atomic E-state index is 11.5. The Bertz CT molecular complexity index is 681. The number of carbonyl (C=O) groups excluding carboxylic acids is 2. The molecule has 0 aliphatic carbocycles. The maximum Gasteiger partial charge on any atom is 0.305 e. The molecule has 0 aromatic carbocycles. The lowest BCUT2D eigenvalue weighted by molar-refractivity contribution is -0.146. The topological polar surface area (TPSA) is 182 Å². The first-order valence-electron chi connectivity index (χ1n) is 15.8. The van der Waals surface area contributed by atoms with Crippen LogP contribution < -0.4 is 0 Å². The molecule has 0 fully saturated rings. The van der Waals surface area contributed by atoms with E-state index in [0.29, 0.717) is 138 Å². The normalized spacial score (nSPS) is 11.2. The van der Waals surface area contributed by atoms with Crippen LogP contribution in [0.1, 0.15) is 32.6 Å². The van der Waals surface area contributed by atoms with Crippen molar-refractivity contribution < 1.29 is 76.3 Å². The molecule has 0 unspecified atom stereocenters. The molecule has 0 spiro atoms. The zero-order valence-corrected chi connectivity index (χ0v) is 27.5. The van der Waals surface area contributed by atoms with Gasteiger partial charge in [-0.2, -0.15) is 0 Å². The van der Waals surface area contributed by atoms with Crippen LogP contribution in [0.4, 0.5) is 0 Å². The molecule has 46 heavy (non-hydrogen) atoms. The summed E-state index contributed by atoms with van der Waals surface area (Å²) in [6.07, 6.45) is 1.22. The highest BCUT2D eigenvalue weighted by molar-refractivity contribution is 5.69. The third kappa shape index (κ3) is 40.0. The fourth-order valence-electron chi connectivity index (χ4n) is 3.16. The Morgan fingerprint density at radius 3 is 0.870 bits per heavy atom. The van der Waals surface area contributed by atoms with Crippen molar-refractivity contribution in [3.8, 4) is 0 Å². The minimum atomic E-state index is -0.866. The lowest BCUT2D eigenvalue weighted by Crippen LogP contribution is -2.15. The van der Waals surface area contributed by atoms with E-state index in [9.17, 15) is 14.4 Å². The lowest BCUT2D eigenvalue weighted by atomic mass is 10.2. The second-order valence-corrected chi connectivity index (χ2v) is 9.29. The van der Waals surface area contributed by atoms with Crippen LogP contribution in [0.3, 0.4) is 0 Å². The zero-order valence-electron chi connectivity index (χ0n) is 27.5. The maximum absolute atomic E-state index is 11.5. The van der Waals surface area contributed by atoms with E-state index in [1.165, 1.54) is 6.92 Å². The molecule has 0 rings (SSSR count). The summed E-state index contributed by atoms with van der Waals surface area (Å²) in [7, 11) is 0. The zero-order chi connectivity index (χ0) is 33.6. The van der Waals surface area contributed by atoms with Crippen molar-refractivity contribution in [2.75, 3.05) is 145 Å². The first kappa shape index (κ1) is 44.0. The lowest BCUT2D eigenvalue weighted by Gasteiger charge is -2.09. The van der Waals surface area contributed by atoms with Crippen LogP contribution in [0.2, 0.25) is 0 Å². The third-order valence-corrected chi connectivity index (χ3v) is 5.39. The number of hydrogen-bond acceptors (Lipinski definition) is 15. The van der Waals surface area contributed by atoms with Gasteiger partial charge in [0.05, 0.1) is 132 Å². The van der Waals surface area contributed by atoms with Crippen molar-refractivity contribution in [1.82, 2.24) is 0 Å². The van der Waals surface area contributed by atoms with Gasteiger partial charge in [0, 0.05) is 19.8 Å². The highest BCUT2D eigenvalue weighted by atomic mass is 16.6. The van der Waals surface area contributed by atoms with Gasteiger partial charge in [-0.25, -0.2) is 0 Å². The van der Waals surface area contributed by atoms with Crippen molar-refractivity contribution in [3.05, 3.63) is 0 Å². The van der Waals surface area contributed by atoms with Gasteiger partial charge in [0.15, 0.2) is 0 Å². The number of aliphatic carboxylic acids is 1. The quantitative estimate of drug-likeness (QED) is 0.0721. The molecule has 0 atom stereocenters. The summed E-state index contributed by atoms with van der Waals surface area (Å²) < 4.78 is 63.7. The first-order valence-corrected chi connectivity index (χ1v) is 15.8. The fraction of sp³-hybridized carbons (Fsp3) is 0.900. The van der Waals surface area contributed by atoms with Gasteiger partial charge in [-0.05, 0) is 12.8 Å². The minimum absolute atomic E-state index is 0.0572. The molecule has 0 aliphatic heterocycles. The highest BCUT2D eigenvalue weighted by Crippen LogP contribution is 2.01. The standard InChI is InChI=1S/C30H56O16/c1-28(31)45-26-24-43-22-20-41-18-16-39-14-12-37-10-8-35-6-7-36-9-11-38-13-15-40-17-19-42-21-23-44-25-27-46-30(34)5-3-2-4-29(32)33/h2-27H2,1H3,(H,32,33). The van der Waals surface area contributed by atoms with Gasteiger partial charge in [-0.1, -0.05) is 0 Å². The van der Waals surface area contributed by atoms with E-state index >= 15 is 0 Å². The van der Waals surface area contributed by atoms with Gasteiger partial charge < -0.3 is 61.9 Å². The van der Waals surface area contributed by atoms with Crippen LogP contribution in [0.15, 0.2) is 0 Å². The Kier molecular flexibility index (Phi) is 35.8. The Morgan fingerprint density at radius 2 is 0.609 bits per heavy atom. The van der Waals surface area contributed by atoms with E-state index in [2.05, 4.69) is 0 Å². The highest BCUT2D eigenvalue weighted by Gasteiger charge is 2.04. The van der Waals surface area contributed by atoms with Crippen molar-refractivity contribution in [1.29, 1.82) is 0 Å². The van der Waals surface area contributed by atoms with Gasteiger partial charge in [0.2, 0.25) is 0 Å². The van der Waals surface area contributed by atoms with E-state index in [0.717, 1.165) is 0 Å². The summed E-state index contributed by atoms with van der Waals surface area (Å²) in [5.41, 5.74) is 0. The van der Waals surface area contributed by atoms with Gasteiger partial charge in [0.25, 0.3) is 0 Å². The first-order chi connectivity index (χ1) is 22.5.